The van der Waals surface area contributed by atoms with Crippen LogP contribution in [-0.2, 0) is 22.5 Å². The van der Waals surface area contributed by atoms with Crippen LogP contribution in [0.3, 0.4) is 0 Å². The molecule has 0 aliphatic carbocycles. The van der Waals surface area contributed by atoms with E-state index in [9.17, 15) is 19.7 Å². The maximum Gasteiger partial charge on any atom is 0.306 e. The third-order valence-electron chi connectivity index (χ3n) is 6.17. The molecule has 1 aliphatic rings. The molecule has 174 valence electrons. The minimum atomic E-state index is -0.480. The van der Waals surface area contributed by atoms with E-state index in [2.05, 4.69) is 6.07 Å². The lowest BCUT2D eigenvalue weighted by molar-refractivity contribution is -0.384. The molecule has 1 amide bonds. The van der Waals surface area contributed by atoms with E-state index in [1.54, 1.807) is 11.8 Å². The maximum absolute atomic E-state index is 13.0. The van der Waals surface area contributed by atoms with Crippen LogP contribution in [0.1, 0.15) is 51.9 Å². The largest absolute Gasteiger partial charge is 0.466 e. The number of nitro benzene ring substituents is 1. The Bertz CT molecular complexity index is 1190. The molecule has 0 radical (unpaired) electrons. The van der Waals surface area contributed by atoms with E-state index in [0.717, 1.165) is 22.3 Å². The fourth-order valence-corrected chi connectivity index (χ4v) is 4.53. The topological polar surface area (TPSA) is 89.8 Å². The van der Waals surface area contributed by atoms with Crippen molar-refractivity contribution < 1.29 is 19.2 Å². The molecule has 0 N–H and O–H groups in total. The molecular weight excluding hydrogens is 432 g/mol. The van der Waals surface area contributed by atoms with Gasteiger partial charge in [-0.3, -0.25) is 19.7 Å². The van der Waals surface area contributed by atoms with Crippen LogP contribution in [0.4, 0.5) is 5.69 Å². The summed E-state index contributed by atoms with van der Waals surface area (Å²) < 4.78 is 5.25. The number of ether oxygens (including phenoxy) is 1. The van der Waals surface area contributed by atoms with E-state index in [4.69, 9.17) is 4.74 Å². The molecule has 0 fully saturated rings. The highest BCUT2D eigenvalue weighted by molar-refractivity contribution is 5.94. The number of benzene rings is 3. The number of rotatable bonds is 7. The zero-order valence-electron chi connectivity index (χ0n) is 19.0. The second kappa shape index (κ2) is 10.3. The minimum Gasteiger partial charge on any atom is -0.466 e. The monoisotopic (exact) mass is 458 g/mol. The molecule has 0 spiro atoms. The van der Waals surface area contributed by atoms with Crippen LogP contribution in [0.15, 0.2) is 72.8 Å². The first kappa shape index (κ1) is 23.2. The van der Waals surface area contributed by atoms with Gasteiger partial charge >= 0.3 is 5.97 Å². The van der Waals surface area contributed by atoms with Gasteiger partial charge in [-0.05, 0) is 47.7 Å². The predicted octanol–water partition coefficient (Wildman–Crippen LogP) is 4.88. The van der Waals surface area contributed by atoms with E-state index < -0.39 is 4.92 Å². The zero-order chi connectivity index (χ0) is 24.1. The quantitative estimate of drug-likeness (QED) is 0.286. The lowest BCUT2D eigenvalue weighted by atomic mass is 9.82. The molecule has 0 saturated heterocycles. The molecule has 3 aromatic carbocycles. The van der Waals surface area contributed by atoms with E-state index in [1.165, 1.54) is 24.3 Å². The fraction of sp³-hybridized carbons (Fsp3) is 0.259. The van der Waals surface area contributed by atoms with Crippen molar-refractivity contribution in [3.8, 4) is 0 Å². The number of carbonyl (C=O) groups excluding carboxylic acids is 2. The Kier molecular flexibility index (Phi) is 7.01. The first-order chi connectivity index (χ1) is 16.5. The Morgan fingerprint density at radius 2 is 1.76 bits per heavy atom. The highest BCUT2D eigenvalue weighted by Gasteiger charge is 2.28. The summed E-state index contributed by atoms with van der Waals surface area (Å²) in [5.74, 6) is -0.524. The molecule has 4 rings (SSSR count). The van der Waals surface area contributed by atoms with Crippen molar-refractivity contribution in [1.82, 2.24) is 4.90 Å². The van der Waals surface area contributed by atoms with Gasteiger partial charge in [-0.1, -0.05) is 48.5 Å². The second-order valence-electron chi connectivity index (χ2n) is 8.24. The molecule has 0 saturated carbocycles. The number of hydrogen-bond donors (Lipinski definition) is 0. The van der Waals surface area contributed by atoms with Gasteiger partial charge in [0, 0.05) is 36.7 Å². The van der Waals surface area contributed by atoms with E-state index in [0.29, 0.717) is 31.7 Å². The summed E-state index contributed by atoms with van der Waals surface area (Å²) >= 11 is 0. The SMILES string of the molecule is CCOC(=O)CC(c1ccccc1)c1cccc2c1CCN(C(=O)c1ccc([N+](=O)[O-])cc1)C2. The molecular formula is C27H26N2O5. The van der Waals surface area contributed by atoms with Gasteiger partial charge in [0.1, 0.15) is 0 Å². The molecule has 1 atom stereocenters. The van der Waals surface area contributed by atoms with E-state index >= 15 is 0 Å². The van der Waals surface area contributed by atoms with Gasteiger partial charge in [0.25, 0.3) is 11.6 Å². The van der Waals surface area contributed by atoms with Gasteiger partial charge in [-0.15, -0.1) is 0 Å². The van der Waals surface area contributed by atoms with Crippen molar-refractivity contribution >= 4 is 17.6 Å². The Balaban J connectivity index is 1.60. The third kappa shape index (κ3) is 4.98. The van der Waals surface area contributed by atoms with Crippen LogP contribution in [0.5, 0.6) is 0 Å². The summed E-state index contributed by atoms with van der Waals surface area (Å²) in [5.41, 5.74) is 4.72. The van der Waals surface area contributed by atoms with Gasteiger partial charge in [-0.2, -0.15) is 0 Å². The number of nitrogens with zero attached hydrogens (tertiary/aromatic N) is 2. The smallest absolute Gasteiger partial charge is 0.306 e. The van der Waals surface area contributed by atoms with Gasteiger partial charge in [0.15, 0.2) is 0 Å². The fourth-order valence-electron chi connectivity index (χ4n) is 4.53. The number of nitro groups is 1. The summed E-state index contributed by atoms with van der Waals surface area (Å²) in [6.07, 6.45) is 0.913. The second-order valence-corrected chi connectivity index (χ2v) is 8.24. The number of esters is 1. The van der Waals surface area contributed by atoms with Crippen LogP contribution in [0.25, 0.3) is 0 Å². The summed E-state index contributed by atoms with van der Waals surface area (Å²) in [7, 11) is 0. The number of carbonyl (C=O) groups is 2. The number of hydrogen-bond acceptors (Lipinski definition) is 5. The highest BCUT2D eigenvalue weighted by atomic mass is 16.6. The lowest BCUT2D eigenvalue weighted by Gasteiger charge is -2.32. The van der Waals surface area contributed by atoms with Crippen molar-refractivity contribution in [2.24, 2.45) is 0 Å². The van der Waals surface area contributed by atoms with Crippen molar-refractivity contribution in [3.05, 3.63) is 111 Å². The molecule has 3 aromatic rings. The van der Waals surface area contributed by atoms with E-state index in [1.807, 2.05) is 42.5 Å². The molecule has 1 aliphatic heterocycles. The van der Waals surface area contributed by atoms with Crippen molar-refractivity contribution in [2.45, 2.75) is 32.2 Å². The van der Waals surface area contributed by atoms with Gasteiger partial charge in [0.05, 0.1) is 18.0 Å². The number of non-ortho nitro benzene ring substituents is 1. The predicted molar refractivity (Wildman–Crippen MR) is 128 cm³/mol. The maximum atomic E-state index is 13.0. The minimum absolute atomic E-state index is 0.0428. The average molecular weight is 459 g/mol. The Labute approximate surface area is 198 Å². The normalized spacial score (nSPS) is 13.6. The Morgan fingerprint density at radius 3 is 2.44 bits per heavy atom. The van der Waals surface area contributed by atoms with Gasteiger partial charge < -0.3 is 9.64 Å². The average Bonchev–Trinajstić information content (AvgIpc) is 2.87. The summed E-state index contributed by atoms with van der Waals surface area (Å²) in [6.45, 7) is 3.12. The number of fused-ring (bicyclic) bond motifs is 1. The Morgan fingerprint density at radius 1 is 1.03 bits per heavy atom. The van der Waals surface area contributed by atoms with Crippen molar-refractivity contribution in [1.29, 1.82) is 0 Å². The van der Waals surface area contributed by atoms with Crippen LogP contribution >= 0.6 is 0 Å². The lowest BCUT2D eigenvalue weighted by Crippen LogP contribution is -2.36. The molecule has 1 heterocycles. The van der Waals surface area contributed by atoms with Crippen LogP contribution in [0.2, 0.25) is 0 Å². The van der Waals surface area contributed by atoms with Crippen LogP contribution < -0.4 is 0 Å². The van der Waals surface area contributed by atoms with Gasteiger partial charge in [-0.25, -0.2) is 0 Å². The summed E-state index contributed by atoms with van der Waals surface area (Å²) in [4.78, 5) is 37.6. The van der Waals surface area contributed by atoms with Crippen LogP contribution in [-0.4, -0.2) is 34.9 Å². The highest BCUT2D eigenvalue weighted by Crippen LogP contribution is 2.35. The first-order valence-corrected chi connectivity index (χ1v) is 11.3. The molecule has 34 heavy (non-hydrogen) atoms. The summed E-state index contributed by atoms with van der Waals surface area (Å²) in [6, 6.07) is 21.7. The standard InChI is InChI=1S/C27H26N2O5/c1-2-34-26(30)17-25(19-7-4-3-5-8-19)24-10-6-9-21-18-28(16-15-23(21)24)27(31)20-11-13-22(14-12-20)29(32)33/h3-14,25H,2,15-18H2,1H3. The molecule has 0 aromatic heterocycles. The molecule has 7 heteroatoms. The van der Waals surface area contributed by atoms with Crippen molar-refractivity contribution in [2.75, 3.05) is 13.2 Å². The molecule has 0 bridgehead atoms. The number of amides is 1. The molecule has 7 nitrogen and oxygen atoms in total. The first-order valence-electron chi connectivity index (χ1n) is 11.3. The van der Waals surface area contributed by atoms with Crippen LogP contribution in [0, 0.1) is 10.1 Å². The van der Waals surface area contributed by atoms with Gasteiger partial charge in [0.2, 0.25) is 0 Å². The zero-order valence-corrected chi connectivity index (χ0v) is 19.0. The third-order valence-corrected chi connectivity index (χ3v) is 6.17. The summed E-state index contributed by atoms with van der Waals surface area (Å²) in [5, 5.41) is 10.9. The Hall–Kier alpha value is -4.00. The molecule has 1 unspecified atom stereocenters. The van der Waals surface area contributed by atoms with Crippen molar-refractivity contribution in [3.63, 3.8) is 0 Å². The van der Waals surface area contributed by atoms with E-state index in [-0.39, 0.29) is 29.9 Å².